The summed E-state index contributed by atoms with van der Waals surface area (Å²) in [5.41, 5.74) is 11.9. The van der Waals surface area contributed by atoms with Crippen LogP contribution in [0.1, 0.15) is 169 Å². The van der Waals surface area contributed by atoms with Crippen LogP contribution < -0.4 is 9.47 Å². The first kappa shape index (κ1) is 45.1. The van der Waals surface area contributed by atoms with Crippen LogP contribution in [0.2, 0.25) is 0 Å². The van der Waals surface area contributed by atoms with E-state index in [1.165, 1.54) is 22.3 Å². The van der Waals surface area contributed by atoms with E-state index in [-0.39, 0.29) is 21.7 Å². The van der Waals surface area contributed by atoms with Crippen LogP contribution in [0.15, 0.2) is 48.5 Å². The van der Waals surface area contributed by atoms with E-state index in [9.17, 15) is 10.2 Å². The van der Waals surface area contributed by atoms with Crippen molar-refractivity contribution in [1.82, 2.24) is 0 Å². The lowest BCUT2D eigenvalue weighted by Crippen LogP contribution is -2.17. The molecular formula is C51H68Br2O4. The number of alkyl halides is 2. The summed E-state index contributed by atoms with van der Waals surface area (Å²) in [7, 11) is 0. The molecule has 57 heavy (non-hydrogen) atoms. The molecule has 6 heteroatoms. The lowest BCUT2D eigenvalue weighted by molar-refractivity contribution is 0.304. The zero-order valence-corrected chi connectivity index (χ0v) is 40.0. The molecule has 4 aromatic rings. The maximum Gasteiger partial charge on any atom is 0.126 e. The Balaban J connectivity index is 1.92. The van der Waals surface area contributed by atoms with Crippen molar-refractivity contribution in [2.75, 3.05) is 23.9 Å². The van der Waals surface area contributed by atoms with Gasteiger partial charge in [0.25, 0.3) is 0 Å². The normalized spacial score (nSPS) is 13.8. The maximum atomic E-state index is 12.4. The van der Waals surface area contributed by atoms with Crippen LogP contribution in [0.5, 0.6) is 23.0 Å². The van der Waals surface area contributed by atoms with Crippen LogP contribution in [0.4, 0.5) is 0 Å². The molecule has 0 amide bonds. The van der Waals surface area contributed by atoms with Gasteiger partial charge < -0.3 is 19.7 Å². The fourth-order valence-corrected chi connectivity index (χ4v) is 8.24. The van der Waals surface area contributed by atoms with Crippen LogP contribution in [0.25, 0.3) is 0 Å². The number of hydrogen-bond donors (Lipinski definition) is 2. The number of ether oxygens (including phenoxy) is 2. The minimum absolute atomic E-state index is 0.140. The third kappa shape index (κ3) is 11.0. The predicted molar refractivity (Wildman–Crippen MR) is 248 cm³/mol. The number of aromatic hydroxyl groups is 2. The highest BCUT2D eigenvalue weighted by atomic mass is 79.9. The molecular weight excluding hydrogens is 836 g/mol. The smallest absolute Gasteiger partial charge is 0.126 e. The molecule has 8 bridgehead atoms. The minimum atomic E-state index is -0.149. The van der Waals surface area contributed by atoms with Crippen LogP contribution in [-0.4, -0.2) is 34.1 Å². The molecule has 1 aliphatic rings. The highest BCUT2D eigenvalue weighted by Gasteiger charge is 2.28. The highest BCUT2D eigenvalue weighted by molar-refractivity contribution is 9.09. The number of unbranched alkanes of at least 4 members (excludes halogenated alkanes) is 1. The van der Waals surface area contributed by atoms with Gasteiger partial charge in [-0.3, -0.25) is 0 Å². The molecule has 1 aliphatic carbocycles. The molecule has 4 aromatic carbocycles. The van der Waals surface area contributed by atoms with Crippen LogP contribution >= 0.6 is 31.9 Å². The standard InChI is InChI=1S/C51H68Br2O4/c1-48(2,3)40-24-32-20-36-28-42(50(7,8)9)29-37(46(36)56-18-14-13-16-52)21-33-25-41(49(4,5)6)27-35(45(33)55)23-39-31-43(51(10,11)12)30-38(22-34(26-40)44(32)54)47(39)57-19-15-17-53/h24-31,54-55H,13-23H2,1-12H3. The fourth-order valence-electron chi connectivity index (χ4n) is 7.62. The Kier molecular flexibility index (Phi) is 14.0. The monoisotopic (exact) mass is 902 g/mol. The van der Waals surface area contributed by atoms with Crippen LogP contribution in [-0.2, 0) is 47.3 Å². The second-order valence-corrected chi connectivity index (χ2v) is 22.0. The van der Waals surface area contributed by atoms with Crippen molar-refractivity contribution in [2.45, 2.75) is 150 Å². The number of halogens is 2. The van der Waals surface area contributed by atoms with Crippen molar-refractivity contribution in [3.8, 4) is 23.0 Å². The molecule has 2 N–H and O–H groups in total. The first-order chi connectivity index (χ1) is 26.5. The topological polar surface area (TPSA) is 58.9 Å². The van der Waals surface area contributed by atoms with Gasteiger partial charge in [-0.15, -0.1) is 0 Å². The zero-order chi connectivity index (χ0) is 42.1. The van der Waals surface area contributed by atoms with Gasteiger partial charge in [-0.1, -0.05) is 163 Å². The molecule has 0 saturated carbocycles. The summed E-state index contributed by atoms with van der Waals surface area (Å²) in [5.74, 6) is 2.36. The van der Waals surface area contributed by atoms with E-state index in [0.29, 0.717) is 50.4 Å². The van der Waals surface area contributed by atoms with Crippen molar-refractivity contribution >= 4 is 31.9 Å². The first-order valence-electron chi connectivity index (χ1n) is 20.9. The summed E-state index contributed by atoms with van der Waals surface area (Å²) >= 11 is 7.21. The molecule has 0 spiro atoms. The maximum absolute atomic E-state index is 12.4. The molecule has 0 unspecified atom stereocenters. The Morgan fingerprint density at radius 3 is 0.895 bits per heavy atom. The summed E-state index contributed by atoms with van der Waals surface area (Å²) in [5, 5.41) is 26.6. The van der Waals surface area contributed by atoms with E-state index in [1.54, 1.807) is 0 Å². The van der Waals surface area contributed by atoms with Crippen molar-refractivity contribution in [3.05, 3.63) is 115 Å². The number of phenolic OH excluding ortho intramolecular Hbond substituents is 2. The number of hydrogen-bond acceptors (Lipinski definition) is 4. The fraction of sp³-hybridized carbons (Fsp3) is 0.529. The molecule has 0 heterocycles. The van der Waals surface area contributed by atoms with E-state index < -0.39 is 0 Å². The van der Waals surface area contributed by atoms with E-state index in [0.717, 1.165) is 85.9 Å². The van der Waals surface area contributed by atoms with Gasteiger partial charge in [0.1, 0.15) is 23.0 Å². The van der Waals surface area contributed by atoms with Gasteiger partial charge in [0.05, 0.1) is 13.2 Å². The average Bonchev–Trinajstić information content (AvgIpc) is 3.09. The summed E-state index contributed by atoms with van der Waals surface area (Å²) in [6, 6.07) is 18.0. The lowest BCUT2D eigenvalue weighted by Gasteiger charge is -2.28. The molecule has 0 saturated heterocycles. The predicted octanol–water partition coefficient (Wildman–Crippen LogP) is 13.7. The molecule has 0 radical (unpaired) electrons. The van der Waals surface area contributed by atoms with E-state index in [4.69, 9.17) is 9.47 Å². The van der Waals surface area contributed by atoms with Gasteiger partial charge in [0.2, 0.25) is 0 Å². The second-order valence-electron chi connectivity index (χ2n) is 20.4. The van der Waals surface area contributed by atoms with Crippen LogP contribution in [0.3, 0.4) is 0 Å². The molecule has 5 rings (SSSR count). The van der Waals surface area contributed by atoms with E-state index >= 15 is 0 Å². The number of fused-ring (bicyclic) bond motifs is 8. The highest BCUT2D eigenvalue weighted by Crippen LogP contribution is 2.44. The third-order valence-corrected chi connectivity index (χ3v) is 12.4. The minimum Gasteiger partial charge on any atom is -0.507 e. The molecule has 0 aromatic heterocycles. The summed E-state index contributed by atoms with van der Waals surface area (Å²) < 4.78 is 13.6. The number of phenols is 2. The lowest BCUT2D eigenvalue weighted by atomic mass is 9.79. The van der Waals surface area contributed by atoms with Gasteiger partial charge in [-0.05, 0) is 108 Å². The summed E-state index contributed by atoms with van der Waals surface area (Å²) in [4.78, 5) is 0. The molecule has 0 fully saturated rings. The van der Waals surface area contributed by atoms with E-state index in [2.05, 4.69) is 163 Å². The first-order valence-corrected chi connectivity index (χ1v) is 23.2. The second kappa shape index (κ2) is 17.7. The van der Waals surface area contributed by atoms with Gasteiger partial charge >= 0.3 is 0 Å². The van der Waals surface area contributed by atoms with Gasteiger partial charge in [-0.25, -0.2) is 0 Å². The average molecular weight is 905 g/mol. The Morgan fingerprint density at radius 2 is 0.649 bits per heavy atom. The Bertz CT molecular complexity index is 1930. The van der Waals surface area contributed by atoms with Gasteiger partial charge in [-0.2, -0.15) is 0 Å². The Hall–Kier alpha value is -2.96. The Morgan fingerprint density at radius 1 is 0.404 bits per heavy atom. The van der Waals surface area contributed by atoms with Gasteiger partial charge in [0.15, 0.2) is 0 Å². The molecule has 4 nitrogen and oxygen atoms in total. The molecule has 0 aliphatic heterocycles. The molecule has 0 atom stereocenters. The van der Waals surface area contributed by atoms with Crippen LogP contribution in [0, 0.1) is 0 Å². The zero-order valence-electron chi connectivity index (χ0n) is 36.9. The Labute approximate surface area is 361 Å². The third-order valence-electron chi connectivity index (χ3n) is 11.3. The number of rotatable bonds is 9. The summed E-state index contributed by atoms with van der Waals surface area (Å²) in [6.07, 6.45) is 4.82. The largest absolute Gasteiger partial charge is 0.507 e. The van der Waals surface area contributed by atoms with Gasteiger partial charge in [0, 0.05) is 36.3 Å². The summed E-state index contributed by atoms with van der Waals surface area (Å²) in [6.45, 7) is 28.1. The van der Waals surface area contributed by atoms with Crippen molar-refractivity contribution in [1.29, 1.82) is 0 Å². The van der Waals surface area contributed by atoms with Crippen molar-refractivity contribution in [3.63, 3.8) is 0 Å². The van der Waals surface area contributed by atoms with E-state index in [1.807, 2.05) is 0 Å². The quantitative estimate of drug-likeness (QED) is 0.114. The SMILES string of the molecule is CC(C)(C)c1cc2c(O)c(c1)Cc1cc(C(C)(C)C)cc(c1OCCCCBr)Cc1cc(C(C)(C)C)cc(c1O)Cc1cc(C(C)(C)C)cc(c1OCCCBr)C2. The number of benzene rings is 4. The molecule has 310 valence electrons. The van der Waals surface area contributed by atoms with Crippen molar-refractivity contribution in [2.24, 2.45) is 0 Å². The van der Waals surface area contributed by atoms with Crippen molar-refractivity contribution < 1.29 is 19.7 Å².